The lowest BCUT2D eigenvalue weighted by molar-refractivity contribution is 0.456. The molecule has 1 atom stereocenters. The molecule has 0 radical (unpaired) electrons. The monoisotopic (exact) mass is 279 g/mol. The van der Waals surface area contributed by atoms with Crippen LogP contribution in [0.4, 0.5) is 0 Å². The fourth-order valence-corrected chi connectivity index (χ4v) is 3.28. The van der Waals surface area contributed by atoms with Gasteiger partial charge in [-0.15, -0.1) is 0 Å². The zero-order valence-corrected chi connectivity index (χ0v) is 11.9. The predicted molar refractivity (Wildman–Crippen MR) is 71.6 cm³/mol. The van der Waals surface area contributed by atoms with E-state index in [0.29, 0.717) is 10.8 Å². The van der Waals surface area contributed by atoms with Crippen molar-refractivity contribution in [2.45, 2.75) is 26.8 Å². The maximum Gasteiger partial charge on any atom is 0.310 e. The molecule has 0 aliphatic rings. The average Bonchev–Trinajstić information content (AvgIpc) is 2.08. The molecule has 2 N–H and O–H groups in total. The molecule has 0 aliphatic carbocycles. The molecule has 0 aromatic heterocycles. The Labute approximate surface area is 106 Å². The van der Waals surface area contributed by atoms with E-state index in [1.165, 1.54) is 0 Å². The van der Waals surface area contributed by atoms with E-state index in [2.05, 4.69) is 5.09 Å². The van der Waals surface area contributed by atoms with Gasteiger partial charge < -0.3 is 9.42 Å². The van der Waals surface area contributed by atoms with Crippen molar-refractivity contribution in [2.75, 3.05) is 0 Å². The van der Waals surface area contributed by atoms with Crippen LogP contribution in [0, 0.1) is 6.92 Å². The molecule has 0 fully saturated rings. The lowest BCUT2D eigenvalue weighted by Crippen LogP contribution is -2.21. The van der Waals surface area contributed by atoms with Gasteiger partial charge in [-0.2, -0.15) is 0 Å². The maximum absolute atomic E-state index is 9.86. The van der Waals surface area contributed by atoms with Crippen LogP contribution in [0.15, 0.2) is 18.2 Å². The van der Waals surface area contributed by atoms with E-state index >= 15 is 0 Å². The molecule has 1 aromatic carbocycles. The first-order chi connectivity index (χ1) is 7.30. The van der Waals surface area contributed by atoms with Crippen molar-refractivity contribution in [3.05, 3.63) is 28.8 Å². The van der Waals surface area contributed by atoms with Crippen LogP contribution in [0.25, 0.3) is 0 Å². The van der Waals surface area contributed by atoms with Crippen LogP contribution in [-0.2, 0) is 11.8 Å². The van der Waals surface area contributed by atoms with Crippen LogP contribution in [0.5, 0.6) is 5.75 Å². The van der Waals surface area contributed by atoms with Crippen LogP contribution in [-0.4, -0.2) is 10.9 Å². The molecule has 6 heteroatoms. The summed E-state index contributed by atoms with van der Waals surface area (Å²) in [6, 6.07) is 5.23. The maximum atomic E-state index is 9.86. The van der Waals surface area contributed by atoms with Gasteiger partial charge in [0.2, 0.25) is 0 Å². The molecule has 1 unspecified atom stereocenters. The summed E-state index contributed by atoms with van der Waals surface area (Å²) in [7, 11) is 0. The fourth-order valence-electron chi connectivity index (χ4n) is 1.17. The highest BCUT2D eigenvalue weighted by molar-refractivity contribution is 8.08. The first-order valence-electron chi connectivity index (χ1n) is 4.86. The molecule has 0 aliphatic heterocycles. The summed E-state index contributed by atoms with van der Waals surface area (Å²) in [4.78, 5) is 9.86. The van der Waals surface area contributed by atoms with Gasteiger partial charge in [0.15, 0.2) is 0 Å². The number of nitrogens with one attached hydrogen (secondary N) is 1. The van der Waals surface area contributed by atoms with Gasteiger partial charge in [-0.25, -0.2) is 5.09 Å². The highest BCUT2D eigenvalue weighted by Crippen LogP contribution is 2.39. The number of hydrogen-bond acceptors (Lipinski definition) is 2. The van der Waals surface area contributed by atoms with Crippen molar-refractivity contribution >= 4 is 30.1 Å². The van der Waals surface area contributed by atoms with E-state index in [1.54, 1.807) is 18.2 Å². The van der Waals surface area contributed by atoms with E-state index in [-0.39, 0.29) is 6.04 Å². The van der Waals surface area contributed by atoms with Crippen LogP contribution >= 0.6 is 18.2 Å². The van der Waals surface area contributed by atoms with Crippen LogP contribution in [0.2, 0.25) is 5.02 Å². The zero-order valence-electron chi connectivity index (χ0n) is 9.40. The second kappa shape index (κ2) is 5.48. The van der Waals surface area contributed by atoms with Crippen molar-refractivity contribution < 1.29 is 9.42 Å². The molecule has 16 heavy (non-hydrogen) atoms. The summed E-state index contributed by atoms with van der Waals surface area (Å²) in [5.41, 5.74) is 0.888. The third kappa shape index (κ3) is 4.40. The minimum absolute atomic E-state index is 0.0734. The first-order valence-corrected chi connectivity index (χ1v) is 7.91. The van der Waals surface area contributed by atoms with Crippen LogP contribution in [0.1, 0.15) is 19.4 Å². The molecule has 3 nitrogen and oxygen atoms in total. The molecule has 0 spiro atoms. The summed E-state index contributed by atoms with van der Waals surface area (Å²) in [5.74, 6) is 0.529. The molecule has 0 saturated heterocycles. The van der Waals surface area contributed by atoms with E-state index in [0.717, 1.165) is 5.56 Å². The SMILES string of the molecule is Cc1cc(OP(O)(=S)NC(C)C)ccc1Cl. The smallest absolute Gasteiger partial charge is 0.310 e. The Kier molecular flexibility index (Phi) is 4.77. The predicted octanol–water partition coefficient (Wildman–Crippen LogP) is 3.24. The quantitative estimate of drug-likeness (QED) is 0.830. The van der Waals surface area contributed by atoms with E-state index in [9.17, 15) is 4.89 Å². The number of aryl methyl sites for hydroxylation is 1. The Bertz CT molecular complexity index is 425. The lowest BCUT2D eigenvalue weighted by Gasteiger charge is -2.20. The van der Waals surface area contributed by atoms with Crippen LogP contribution in [0.3, 0.4) is 0 Å². The normalized spacial score (nSPS) is 14.9. The van der Waals surface area contributed by atoms with Gasteiger partial charge in [-0.3, -0.25) is 0 Å². The Morgan fingerprint density at radius 1 is 1.50 bits per heavy atom. The summed E-state index contributed by atoms with van der Waals surface area (Å²) in [6.07, 6.45) is 0. The minimum Gasteiger partial charge on any atom is -0.433 e. The van der Waals surface area contributed by atoms with E-state index in [1.807, 2.05) is 20.8 Å². The van der Waals surface area contributed by atoms with Gasteiger partial charge in [0.05, 0.1) is 0 Å². The molecule has 90 valence electrons. The second-order valence-corrected chi connectivity index (χ2v) is 7.18. The molecule has 0 heterocycles. The Morgan fingerprint density at radius 2 is 2.12 bits per heavy atom. The van der Waals surface area contributed by atoms with E-state index in [4.69, 9.17) is 27.9 Å². The fraction of sp³-hybridized carbons (Fsp3) is 0.400. The Balaban J connectivity index is 2.80. The van der Waals surface area contributed by atoms with Gasteiger partial charge in [0.1, 0.15) is 5.75 Å². The lowest BCUT2D eigenvalue weighted by atomic mass is 10.2. The van der Waals surface area contributed by atoms with Crippen molar-refractivity contribution in [1.29, 1.82) is 0 Å². The van der Waals surface area contributed by atoms with Crippen molar-refractivity contribution in [2.24, 2.45) is 0 Å². The van der Waals surface area contributed by atoms with Crippen molar-refractivity contribution in [3.8, 4) is 5.75 Å². The third-order valence-electron chi connectivity index (χ3n) is 1.78. The van der Waals surface area contributed by atoms with Gasteiger partial charge in [0.25, 0.3) is 0 Å². The molecule has 0 amide bonds. The third-order valence-corrected chi connectivity index (χ3v) is 4.04. The highest BCUT2D eigenvalue weighted by Gasteiger charge is 2.16. The van der Waals surface area contributed by atoms with Gasteiger partial charge in [0, 0.05) is 11.1 Å². The summed E-state index contributed by atoms with van der Waals surface area (Å²) in [5, 5.41) is 3.49. The van der Waals surface area contributed by atoms with E-state index < -0.39 is 6.64 Å². The molecule has 0 bridgehead atoms. The molecular formula is C10H15ClNO2PS. The number of rotatable bonds is 4. The van der Waals surface area contributed by atoms with Crippen LogP contribution < -0.4 is 9.61 Å². The zero-order chi connectivity index (χ0) is 12.3. The van der Waals surface area contributed by atoms with Gasteiger partial charge in [-0.1, -0.05) is 11.6 Å². The van der Waals surface area contributed by atoms with Gasteiger partial charge >= 0.3 is 6.64 Å². The summed E-state index contributed by atoms with van der Waals surface area (Å²) < 4.78 is 5.36. The van der Waals surface area contributed by atoms with Crippen molar-refractivity contribution in [3.63, 3.8) is 0 Å². The molecular weight excluding hydrogens is 265 g/mol. The summed E-state index contributed by atoms with van der Waals surface area (Å²) in [6.45, 7) is 2.69. The Morgan fingerprint density at radius 3 is 2.62 bits per heavy atom. The van der Waals surface area contributed by atoms with Gasteiger partial charge in [-0.05, 0) is 56.3 Å². The topological polar surface area (TPSA) is 41.5 Å². The highest BCUT2D eigenvalue weighted by atomic mass is 35.5. The number of hydrogen-bond donors (Lipinski definition) is 2. The molecule has 1 aromatic rings. The minimum atomic E-state index is -2.97. The Hall–Kier alpha value is -0.120. The number of halogens is 1. The summed E-state index contributed by atoms with van der Waals surface area (Å²) >= 11 is 10.9. The number of benzene rings is 1. The average molecular weight is 280 g/mol. The largest absolute Gasteiger partial charge is 0.433 e. The standard InChI is InChI=1S/C10H15ClNO2PS/c1-7(2)12-15(13,16)14-9-4-5-10(11)8(3)6-9/h4-7H,1-3H3,(H2,12,13,16). The first kappa shape index (κ1) is 13.9. The molecule has 1 rings (SSSR count). The molecule has 0 saturated carbocycles. The second-order valence-electron chi connectivity index (χ2n) is 3.81. The van der Waals surface area contributed by atoms with Crippen molar-refractivity contribution in [1.82, 2.24) is 5.09 Å².